The molecule has 3 aliphatic heterocycles. The van der Waals surface area contributed by atoms with E-state index in [2.05, 4.69) is 26.1 Å². The molecule has 0 aliphatic carbocycles. The van der Waals surface area contributed by atoms with E-state index in [1.165, 1.54) is 0 Å². The Kier molecular flexibility index (Phi) is 8.57. The van der Waals surface area contributed by atoms with Crippen molar-refractivity contribution in [1.82, 2.24) is 35.9 Å². The van der Waals surface area contributed by atoms with E-state index < -0.39 is 41.8 Å². The first-order valence-corrected chi connectivity index (χ1v) is 13.5. The van der Waals surface area contributed by atoms with Gasteiger partial charge in [-0.25, -0.2) is 15.4 Å². The van der Waals surface area contributed by atoms with Crippen LogP contribution in [0, 0.1) is 5.92 Å². The lowest BCUT2D eigenvalue weighted by Gasteiger charge is -2.41. The minimum Gasteiger partial charge on any atom is -0.339 e. The Balaban J connectivity index is 1.14. The Bertz CT molecular complexity index is 1270. The summed E-state index contributed by atoms with van der Waals surface area (Å²) in [7, 11) is 0. The fraction of sp³-hybridized carbons (Fsp3) is 0.538. The van der Waals surface area contributed by atoms with Gasteiger partial charge in [0.25, 0.3) is 0 Å². The third-order valence-electron chi connectivity index (χ3n) is 7.87. The Morgan fingerprint density at radius 3 is 2.38 bits per heavy atom. The summed E-state index contributed by atoms with van der Waals surface area (Å²) in [6, 6.07) is 5.84. The first kappa shape index (κ1) is 30.0. The quantitative estimate of drug-likeness (QED) is 0.327. The second-order valence-corrected chi connectivity index (χ2v) is 10.4. The van der Waals surface area contributed by atoms with Crippen LogP contribution in [0.15, 0.2) is 36.7 Å². The molecule has 3 N–H and O–H groups in total. The van der Waals surface area contributed by atoms with Crippen LogP contribution in [0.25, 0.3) is 0 Å². The molecule has 16 heteroatoms. The molecule has 228 valence electrons. The fourth-order valence-corrected chi connectivity index (χ4v) is 5.73. The van der Waals surface area contributed by atoms with Crippen molar-refractivity contribution in [2.45, 2.75) is 37.4 Å². The number of alkyl halides is 6. The molecule has 4 heterocycles. The zero-order valence-electron chi connectivity index (χ0n) is 22.4. The van der Waals surface area contributed by atoms with Crippen molar-refractivity contribution in [2.24, 2.45) is 5.92 Å². The number of hydrogen-bond acceptors (Lipinski definition) is 8. The number of rotatable bonds is 7. The molecule has 10 nitrogen and oxygen atoms in total. The molecule has 0 radical (unpaired) electrons. The topological polar surface area (TPSA) is 106 Å². The SMILES string of the molecule is O=C1NNCC(N2Cc3ccccc3[C@@H]2CNCCC(=O)N2CCN(c3ncc(C(F)(F)F)cn3)CC2)C1C(F)(F)F. The van der Waals surface area contributed by atoms with Crippen LogP contribution in [0.4, 0.5) is 32.3 Å². The number of carbonyl (C=O) groups is 2. The predicted molar refractivity (Wildman–Crippen MR) is 138 cm³/mol. The summed E-state index contributed by atoms with van der Waals surface area (Å²) >= 11 is 0. The van der Waals surface area contributed by atoms with E-state index in [-0.39, 0.29) is 37.9 Å². The van der Waals surface area contributed by atoms with Gasteiger partial charge in [0.15, 0.2) is 5.92 Å². The van der Waals surface area contributed by atoms with E-state index in [0.29, 0.717) is 32.7 Å². The number of anilines is 1. The normalized spacial score (nSPS) is 23.6. The molecule has 0 spiro atoms. The largest absolute Gasteiger partial charge is 0.419 e. The van der Waals surface area contributed by atoms with Gasteiger partial charge in [0.1, 0.15) is 0 Å². The molecule has 2 amide bonds. The molecule has 0 saturated carbocycles. The molecule has 3 atom stereocenters. The molecule has 1 aromatic carbocycles. The first-order chi connectivity index (χ1) is 19.9. The molecular formula is C26H30F6N8O2. The predicted octanol–water partition coefficient (Wildman–Crippen LogP) is 1.86. The fourth-order valence-electron chi connectivity index (χ4n) is 5.73. The van der Waals surface area contributed by atoms with Crippen molar-refractivity contribution in [3.63, 3.8) is 0 Å². The number of amides is 2. The number of carbonyl (C=O) groups excluding carboxylic acids is 2. The van der Waals surface area contributed by atoms with E-state index in [1.807, 2.05) is 24.3 Å². The molecule has 2 saturated heterocycles. The van der Waals surface area contributed by atoms with Crippen LogP contribution >= 0.6 is 0 Å². The summed E-state index contributed by atoms with van der Waals surface area (Å²) in [6.45, 7) is 2.20. The van der Waals surface area contributed by atoms with Crippen molar-refractivity contribution in [2.75, 3.05) is 50.7 Å². The number of benzene rings is 1. The van der Waals surface area contributed by atoms with Crippen molar-refractivity contribution >= 4 is 17.8 Å². The monoisotopic (exact) mass is 600 g/mol. The molecule has 42 heavy (non-hydrogen) atoms. The van der Waals surface area contributed by atoms with Gasteiger partial charge in [-0.05, 0) is 11.1 Å². The number of hydrazine groups is 1. The first-order valence-electron chi connectivity index (χ1n) is 13.5. The van der Waals surface area contributed by atoms with Gasteiger partial charge in [0.2, 0.25) is 17.8 Å². The zero-order chi connectivity index (χ0) is 30.1. The van der Waals surface area contributed by atoms with Crippen molar-refractivity contribution in [3.05, 3.63) is 53.3 Å². The van der Waals surface area contributed by atoms with E-state index in [1.54, 1.807) is 14.7 Å². The third-order valence-corrected chi connectivity index (χ3v) is 7.87. The standard InChI is InChI=1S/C26H30F6N8O2/c27-25(28,29)17-11-34-24(35-12-17)39-9-7-38(8-10-39)21(41)5-6-33-13-19-18-4-2-1-3-16(18)15-40(19)20-14-36-37-23(42)22(20)26(30,31)32/h1-4,11-12,19-20,22,33,36H,5-10,13-15H2,(H,37,42)/t19-,20?,22?/m0/s1. The molecule has 2 aromatic rings. The van der Waals surface area contributed by atoms with Crippen LogP contribution < -0.4 is 21.1 Å². The molecule has 0 bridgehead atoms. The van der Waals surface area contributed by atoms with Gasteiger partial charge < -0.3 is 15.1 Å². The lowest BCUT2D eigenvalue weighted by molar-refractivity contribution is -0.202. The van der Waals surface area contributed by atoms with Crippen molar-refractivity contribution < 1.29 is 35.9 Å². The lowest BCUT2D eigenvalue weighted by Crippen LogP contribution is -2.64. The highest BCUT2D eigenvalue weighted by Gasteiger charge is 2.54. The van der Waals surface area contributed by atoms with E-state index in [0.717, 1.165) is 23.5 Å². The number of nitrogens with zero attached hydrogens (tertiary/aromatic N) is 5. The average Bonchev–Trinajstić information content (AvgIpc) is 3.32. The third kappa shape index (κ3) is 6.44. The number of piperazine rings is 1. The second-order valence-electron chi connectivity index (χ2n) is 10.4. The summed E-state index contributed by atoms with van der Waals surface area (Å²) in [5.74, 6) is -3.25. The van der Waals surface area contributed by atoms with Crippen LogP contribution in [-0.4, -0.2) is 89.6 Å². The number of halogens is 6. The molecule has 1 aromatic heterocycles. The van der Waals surface area contributed by atoms with Crippen LogP contribution in [0.2, 0.25) is 0 Å². The maximum absolute atomic E-state index is 13.9. The minimum atomic E-state index is -4.71. The smallest absolute Gasteiger partial charge is 0.339 e. The highest BCUT2D eigenvalue weighted by Crippen LogP contribution is 2.40. The number of hydrogen-bond donors (Lipinski definition) is 3. The Morgan fingerprint density at radius 2 is 1.71 bits per heavy atom. The number of nitrogens with one attached hydrogen (secondary N) is 3. The van der Waals surface area contributed by atoms with Gasteiger partial charge in [-0.15, -0.1) is 0 Å². The van der Waals surface area contributed by atoms with E-state index in [9.17, 15) is 35.9 Å². The molecular weight excluding hydrogens is 570 g/mol. The summed E-state index contributed by atoms with van der Waals surface area (Å²) in [4.78, 5) is 37.7. The van der Waals surface area contributed by atoms with Crippen molar-refractivity contribution in [1.29, 1.82) is 0 Å². The maximum atomic E-state index is 13.9. The van der Waals surface area contributed by atoms with Gasteiger partial charge in [0.05, 0.1) is 5.56 Å². The van der Waals surface area contributed by atoms with Gasteiger partial charge in [-0.2, -0.15) is 26.3 Å². The zero-order valence-corrected chi connectivity index (χ0v) is 22.4. The Labute approximate surface area is 237 Å². The van der Waals surface area contributed by atoms with Crippen LogP contribution in [0.3, 0.4) is 0 Å². The summed E-state index contributed by atoms with van der Waals surface area (Å²) in [6.07, 6.45) is -7.61. The maximum Gasteiger partial charge on any atom is 0.419 e. The molecule has 5 rings (SSSR count). The van der Waals surface area contributed by atoms with Crippen LogP contribution in [-0.2, 0) is 22.3 Å². The lowest BCUT2D eigenvalue weighted by atomic mass is 9.94. The summed E-state index contributed by atoms with van der Waals surface area (Å²) in [5.41, 5.74) is 5.52. The van der Waals surface area contributed by atoms with Crippen molar-refractivity contribution in [3.8, 4) is 0 Å². The highest BCUT2D eigenvalue weighted by atomic mass is 19.4. The van der Waals surface area contributed by atoms with E-state index >= 15 is 0 Å². The van der Waals surface area contributed by atoms with Gasteiger partial charge in [0, 0.05) is 83.3 Å². The minimum absolute atomic E-state index is 0.0671. The summed E-state index contributed by atoms with van der Waals surface area (Å²) < 4.78 is 79.9. The van der Waals surface area contributed by atoms with Gasteiger partial charge >= 0.3 is 12.4 Å². The van der Waals surface area contributed by atoms with Gasteiger partial charge in [-0.3, -0.25) is 19.9 Å². The van der Waals surface area contributed by atoms with E-state index in [4.69, 9.17) is 0 Å². The second kappa shape index (κ2) is 12.0. The Morgan fingerprint density at radius 1 is 1.02 bits per heavy atom. The number of fused-ring (bicyclic) bond motifs is 1. The van der Waals surface area contributed by atoms with Gasteiger partial charge in [-0.1, -0.05) is 24.3 Å². The highest BCUT2D eigenvalue weighted by molar-refractivity contribution is 5.80. The molecule has 2 unspecified atom stereocenters. The van der Waals surface area contributed by atoms with Crippen LogP contribution in [0.1, 0.15) is 29.2 Å². The molecule has 2 fully saturated rings. The molecule has 3 aliphatic rings. The number of aromatic nitrogens is 2. The van der Waals surface area contributed by atoms with Crippen LogP contribution in [0.5, 0.6) is 0 Å². The summed E-state index contributed by atoms with van der Waals surface area (Å²) in [5, 5.41) is 3.21. The average molecular weight is 601 g/mol. The Hall–Kier alpha value is -3.50.